The van der Waals surface area contributed by atoms with Crippen molar-refractivity contribution < 1.29 is 13.2 Å². The first-order valence-electron chi connectivity index (χ1n) is 6.74. The first-order chi connectivity index (χ1) is 9.79. The monoisotopic (exact) mass is 317 g/mol. The van der Waals surface area contributed by atoms with E-state index in [0.717, 1.165) is 31.5 Å². The van der Waals surface area contributed by atoms with Crippen molar-refractivity contribution in [2.75, 3.05) is 25.5 Å². The second kappa shape index (κ2) is 6.19. The van der Waals surface area contributed by atoms with Crippen molar-refractivity contribution in [2.24, 2.45) is 5.73 Å². The SMILES string of the molecule is CN1CCCC1CNc1ccc(C(F)(F)F)cc1C(N)=S. The van der Waals surface area contributed by atoms with Crippen LogP contribution in [-0.2, 0) is 6.18 Å². The molecular formula is C14H18F3N3S. The summed E-state index contributed by atoms with van der Waals surface area (Å²) in [6.07, 6.45) is -2.19. The first-order valence-corrected chi connectivity index (χ1v) is 7.15. The molecule has 0 bridgehead atoms. The van der Waals surface area contributed by atoms with Gasteiger partial charge in [-0.15, -0.1) is 0 Å². The number of likely N-dealkylation sites (N-methyl/N-ethyl adjacent to an activating group) is 1. The van der Waals surface area contributed by atoms with Gasteiger partial charge in [-0.1, -0.05) is 12.2 Å². The number of nitrogens with two attached hydrogens (primary N) is 1. The van der Waals surface area contributed by atoms with Gasteiger partial charge in [0.2, 0.25) is 0 Å². The van der Waals surface area contributed by atoms with Crippen LogP contribution in [0.4, 0.5) is 18.9 Å². The molecule has 1 aliphatic rings. The molecule has 3 nitrogen and oxygen atoms in total. The van der Waals surface area contributed by atoms with E-state index in [-0.39, 0.29) is 10.6 Å². The summed E-state index contributed by atoms with van der Waals surface area (Å²) in [6, 6.07) is 3.82. The Morgan fingerprint density at radius 3 is 2.71 bits per heavy atom. The zero-order valence-corrected chi connectivity index (χ0v) is 12.5. The predicted molar refractivity (Wildman–Crippen MR) is 81.5 cm³/mol. The highest BCUT2D eigenvalue weighted by molar-refractivity contribution is 7.80. The molecule has 116 valence electrons. The Balaban J connectivity index is 2.17. The molecule has 1 aliphatic heterocycles. The molecule has 0 aromatic heterocycles. The second-order valence-electron chi connectivity index (χ2n) is 5.28. The van der Waals surface area contributed by atoms with Crippen molar-refractivity contribution in [2.45, 2.75) is 25.1 Å². The normalized spacial score (nSPS) is 19.7. The van der Waals surface area contributed by atoms with Crippen LogP contribution in [0.3, 0.4) is 0 Å². The van der Waals surface area contributed by atoms with E-state index in [1.165, 1.54) is 6.07 Å². The van der Waals surface area contributed by atoms with Crippen LogP contribution in [-0.4, -0.2) is 36.1 Å². The van der Waals surface area contributed by atoms with Crippen LogP contribution in [0.1, 0.15) is 24.0 Å². The Labute approximate surface area is 127 Å². The van der Waals surface area contributed by atoms with Crippen molar-refractivity contribution in [1.82, 2.24) is 4.90 Å². The minimum absolute atomic E-state index is 0.0385. The molecule has 1 aromatic rings. The van der Waals surface area contributed by atoms with Gasteiger partial charge in [0.25, 0.3) is 0 Å². The third-order valence-corrected chi connectivity index (χ3v) is 4.03. The molecule has 0 saturated carbocycles. The van der Waals surface area contributed by atoms with Crippen molar-refractivity contribution in [1.29, 1.82) is 0 Å². The number of thiocarbonyl (C=S) groups is 1. The van der Waals surface area contributed by atoms with Crippen molar-refractivity contribution in [3.63, 3.8) is 0 Å². The Kier molecular flexibility index (Phi) is 4.73. The van der Waals surface area contributed by atoms with Gasteiger partial charge in [-0.3, -0.25) is 0 Å². The van der Waals surface area contributed by atoms with E-state index < -0.39 is 11.7 Å². The maximum atomic E-state index is 12.7. The number of alkyl halides is 3. The zero-order valence-electron chi connectivity index (χ0n) is 11.7. The minimum atomic E-state index is -4.40. The molecule has 21 heavy (non-hydrogen) atoms. The third-order valence-electron chi connectivity index (χ3n) is 3.81. The molecule has 1 aromatic carbocycles. The lowest BCUT2D eigenvalue weighted by atomic mass is 10.1. The summed E-state index contributed by atoms with van der Waals surface area (Å²) in [5, 5.41) is 3.17. The number of halogens is 3. The fraction of sp³-hybridized carbons (Fsp3) is 0.500. The van der Waals surface area contributed by atoms with E-state index in [9.17, 15) is 13.2 Å². The first kappa shape index (κ1) is 16.0. The number of benzene rings is 1. The van der Waals surface area contributed by atoms with Crippen LogP contribution < -0.4 is 11.1 Å². The van der Waals surface area contributed by atoms with Gasteiger partial charge in [-0.2, -0.15) is 13.2 Å². The summed E-state index contributed by atoms with van der Waals surface area (Å²) in [5.74, 6) is 0. The molecule has 1 fully saturated rings. The quantitative estimate of drug-likeness (QED) is 0.838. The maximum absolute atomic E-state index is 12.7. The van der Waals surface area contributed by atoms with Gasteiger partial charge in [0.1, 0.15) is 4.99 Å². The molecule has 7 heteroatoms. The summed E-state index contributed by atoms with van der Waals surface area (Å²) in [6.45, 7) is 1.71. The van der Waals surface area contributed by atoms with Crippen molar-refractivity contribution >= 4 is 22.9 Å². The number of hydrogen-bond acceptors (Lipinski definition) is 3. The number of likely N-dealkylation sites (tertiary alicyclic amines) is 1. The molecule has 0 aliphatic carbocycles. The number of anilines is 1. The van der Waals surface area contributed by atoms with E-state index in [0.29, 0.717) is 18.3 Å². The number of hydrogen-bond donors (Lipinski definition) is 2. The molecule has 1 saturated heterocycles. The lowest BCUT2D eigenvalue weighted by Crippen LogP contribution is -2.32. The Bertz CT molecular complexity index is 531. The fourth-order valence-electron chi connectivity index (χ4n) is 2.54. The summed E-state index contributed by atoms with van der Waals surface area (Å²) < 4.78 is 38.2. The van der Waals surface area contributed by atoms with Gasteiger partial charge in [0, 0.05) is 23.8 Å². The van der Waals surface area contributed by atoms with E-state index in [4.69, 9.17) is 18.0 Å². The smallest absolute Gasteiger partial charge is 0.389 e. The molecule has 0 spiro atoms. The van der Waals surface area contributed by atoms with Crippen LogP contribution in [0.25, 0.3) is 0 Å². The van der Waals surface area contributed by atoms with Crippen LogP contribution in [0.15, 0.2) is 18.2 Å². The molecule has 0 radical (unpaired) electrons. The Morgan fingerprint density at radius 1 is 1.48 bits per heavy atom. The van der Waals surface area contributed by atoms with Crippen molar-refractivity contribution in [3.05, 3.63) is 29.3 Å². The molecule has 0 amide bonds. The highest BCUT2D eigenvalue weighted by atomic mass is 32.1. The summed E-state index contributed by atoms with van der Waals surface area (Å²) in [5.41, 5.74) is 5.60. The number of rotatable bonds is 4. The number of nitrogens with zero attached hydrogens (tertiary/aromatic N) is 1. The average molecular weight is 317 g/mol. The van der Waals surface area contributed by atoms with Crippen LogP contribution >= 0.6 is 12.2 Å². The summed E-state index contributed by atoms with van der Waals surface area (Å²) in [4.78, 5) is 2.20. The predicted octanol–water partition coefficient (Wildman–Crippen LogP) is 2.85. The lowest BCUT2D eigenvalue weighted by Gasteiger charge is -2.21. The van der Waals surface area contributed by atoms with Gasteiger partial charge < -0.3 is 16.0 Å². The maximum Gasteiger partial charge on any atom is 0.416 e. The Morgan fingerprint density at radius 2 is 2.19 bits per heavy atom. The van der Waals surface area contributed by atoms with E-state index >= 15 is 0 Å². The van der Waals surface area contributed by atoms with Gasteiger partial charge in [0.15, 0.2) is 0 Å². The van der Waals surface area contributed by atoms with Crippen molar-refractivity contribution in [3.8, 4) is 0 Å². The van der Waals surface area contributed by atoms with Crippen LogP contribution in [0.5, 0.6) is 0 Å². The standard InChI is InChI=1S/C14H18F3N3S/c1-20-6-2-3-10(20)8-19-12-5-4-9(14(15,16)17)7-11(12)13(18)21/h4-5,7,10,19H,2-3,6,8H2,1H3,(H2,18,21). The summed E-state index contributed by atoms with van der Waals surface area (Å²) in [7, 11) is 2.04. The van der Waals surface area contributed by atoms with E-state index in [1.54, 1.807) is 0 Å². The minimum Gasteiger partial charge on any atom is -0.389 e. The molecule has 3 N–H and O–H groups in total. The third kappa shape index (κ3) is 3.85. The van der Waals surface area contributed by atoms with E-state index in [2.05, 4.69) is 10.2 Å². The van der Waals surface area contributed by atoms with Gasteiger partial charge in [0.05, 0.1) is 5.56 Å². The van der Waals surface area contributed by atoms with Crippen LogP contribution in [0, 0.1) is 0 Å². The molecular weight excluding hydrogens is 299 g/mol. The van der Waals surface area contributed by atoms with Crippen LogP contribution in [0.2, 0.25) is 0 Å². The van der Waals surface area contributed by atoms with Gasteiger partial charge in [-0.05, 0) is 44.6 Å². The topological polar surface area (TPSA) is 41.3 Å². The lowest BCUT2D eigenvalue weighted by molar-refractivity contribution is -0.137. The highest BCUT2D eigenvalue weighted by Gasteiger charge is 2.31. The van der Waals surface area contributed by atoms with Gasteiger partial charge in [-0.25, -0.2) is 0 Å². The molecule has 1 heterocycles. The van der Waals surface area contributed by atoms with Gasteiger partial charge >= 0.3 is 6.18 Å². The number of nitrogens with one attached hydrogen (secondary N) is 1. The average Bonchev–Trinajstić information content (AvgIpc) is 2.80. The molecule has 1 atom stereocenters. The van der Waals surface area contributed by atoms with E-state index in [1.807, 2.05) is 7.05 Å². The zero-order chi connectivity index (χ0) is 15.6. The molecule has 1 unspecified atom stereocenters. The largest absolute Gasteiger partial charge is 0.416 e. The highest BCUT2D eigenvalue weighted by Crippen LogP contribution is 2.32. The molecule has 2 rings (SSSR count). The fourth-order valence-corrected chi connectivity index (χ4v) is 2.71. The Hall–Kier alpha value is -1.34. The summed E-state index contributed by atoms with van der Waals surface area (Å²) >= 11 is 4.86. The second-order valence-corrected chi connectivity index (χ2v) is 5.72.